The highest BCUT2D eigenvalue weighted by atomic mass is 19.4. The van der Waals surface area contributed by atoms with Gasteiger partial charge in [-0.15, -0.1) is 10.2 Å². The second kappa shape index (κ2) is 11.8. The van der Waals surface area contributed by atoms with Crippen molar-refractivity contribution in [1.82, 2.24) is 35.7 Å². The third-order valence-corrected chi connectivity index (χ3v) is 6.64. The first-order valence-corrected chi connectivity index (χ1v) is 13.1. The number of aromatic nitrogens is 6. The fourth-order valence-corrected chi connectivity index (χ4v) is 4.67. The molecule has 2 N–H and O–H groups in total. The summed E-state index contributed by atoms with van der Waals surface area (Å²) in [6.07, 6.45) is -9.42. The lowest BCUT2D eigenvalue weighted by Crippen LogP contribution is -2.31. The van der Waals surface area contributed by atoms with Crippen molar-refractivity contribution in [1.29, 1.82) is 0 Å². The molecule has 9 nitrogen and oxygen atoms in total. The van der Waals surface area contributed by atoms with Gasteiger partial charge in [0.2, 0.25) is 5.82 Å². The number of benzene rings is 2. The fourth-order valence-electron chi connectivity index (χ4n) is 4.67. The van der Waals surface area contributed by atoms with Crippen LogP contribution in [-0.2, 0) is 25.4 Å². The quantitative estimate of drug-likeness (QED) is 0.268. The summed E-state index contributed by atoms with van der Waals surface area (Å²) in [5, 5.41) is 20.1. The van der Waals surface area contributed by atoms with E-state index in [9.17, 15) is 31.1 Å². The largest absolute Gasteiger partial charge is 0.436 e. The van der Waals surface area contributed by atoms with Crippen LogP contribution in [0.4, 0.5) is 32.2 Å². The van der Waals surface area contributed by atoms with E-state index in [-0.39, 0.29) is 25.5 Å². The molecule has 0 saturated carbocycles. The van der Waals surface area contributed by atoms with E-state index >= 15 is 0 Å². The van der Waals surface area contributed by atoms with Gasteiger partial charge < -0.3 is 10.2 Å². The van der Waals surface area contributed by atoms with Crippen LogP contribution >= 0.6 is 0 Å². The van der Waals surface area contributed by atoms with Crippen LogP contribution in [0, 0.1) is 6.92 Å². The lowest BCUT2D eigenvalue weighted by Gasteiger charge is -2.21. The number of hydrogen-bond acceptors (Lipinski definition) is 6. The van der Waals surface area contributed by atoms with Gasteiger partial charge in [0, 0.05) is 18.7 Å². The minimum absolute atomic E-state index is 0.00625. The Hall–Kier alpha value is -4.43. The summed E-state index contributed by atoms with van der Waals surface area (Å²) >= 11 is 0. The number of carbonyl (C=O) groups excluding carboxylic acids is 1. The molecule has 1 amide bonds. The Kier molecular flexibility index (Phi) is 8.59. The van der Waals surface area contributed by atoms with Crippen molar-refractivity contribution in [2.75, 3.05) is 11.4 Å². The molecule has 5 rings (SSSR count). The molecule has 1 atom stereocenters. The monoisotopic (exact) mass is 594 g/mol. The molecule has 4 aromatic rings. The molecule has 0 bridgehead atoms. The molecular weight excluding hydrogens is 566 g/mol. The molecule has 2 aromatic heterocycles. The number of H-pyrrole nitrogens is 1. The molecule has 42 heavy (non-hydrogen) atoms. The molecule has 0 saturated heterocycles. The van der Waals surface area contributed by atoms with E-state index < -0.39 is 41.1 Å². The van der Waals surface area contributed by atoms with Crippen molar-refractivity contribution >= 4 is 11.7 Å². The molecule has 0 radical (unpaired) electrons. The van der Waals surface area contributed by atoms with Gasteiger partial charge in [-0.1, -0.05) is 44.2 Å². The molecule has 0 spiro atoms. The molecule has 3 heterocycles. The highest BCUT2D eigenvalue weighted by Gasteiger charge is 2.44. The average Bonchev–Trinajstić information content (AvgIpc) is 3.68. The van der Waals surface area contributed by atoms with E-state index in [1.807, 2.05) is 13.8 Å². The van der Waals surface area contributed by atoms with Crippen molar-refractivity contribution in [3.8, 4) is 11.4 Å². The maximum atomic E-state index is 14.0. The van der Waals surface area contributed by atoms with Gasteiger partial charge in [0.25, 0.3) is 5.91 Å². The van der Waals surface area contributed by atoms with Crippen molar-refractivity contribution in [2.24, 2.45) is 0 Å². The number of aromatic amines is 1. The number of hydrogen-bond donors (Lipinski definition) is 2. The lowest BCUT2D eigenvalue weighted by molar-refractivity contribution is -0.142. The summed E-state index contributed by atoms with van der Waals surface area (Å²) < 4.78 is 81.8. The number of carbonyl (C=O) groups is 1. The number of rotatable bonds is 6. The number of halogens is 6. The summed E-state index contributed by atoms with van der Waals surface area (Å²) in [7, 11) is 0. The van der Waals surface area contributed by atoms with Crippen LogP contribution in [0.5, 0.6) is 0 Å². The summed E-state index contributed by atoms with van der Waals surface area (Å²) in [6, 6.07) is 8.85. The van der Waals surface area contributed by atoms with Crippen molar-refractivity contribution in [2.45, 2.75) is 59.2 Å². The zero-order valence-corrected chi connectivity index (χ0v) is 23.1. The number of aryl methyl sites for hydroxylation is 1. The van der Waals surface area contributed by atoms with E-state index in [0.717, 1.165) is 22.4 Å². The van der Waals surface area contributed by atoms with Crippen LogP contribution in [0.15, 0.2) is 42.5 Å². The molecule has 0 aliphatic carbocycles. The van der Waals surface area contributed by atoms with Crippen molar-refractivity contribution in [3.05, 3.63) is 76.0 Å². The molecule has 2 aromatic carbocycles. The Labute approximate surface area is 236 Å². The number of tetrazole rings is 1. The van der Waals surface area contributed by atoms with Gasteiger partial charge >= 0.3 is 12.4 Å². The van der Waals surface area contributed by atoms with Crippen molar-refractivity contribution in [3.63, 3.8) is 0 Å². The molecule has 0 unspecified atom stereocenters. The second-order valence-corrected chi connectivity index (χ2v) is 9.39. The zero-order valence-electron chi connectivity index (χ0n) is 23.1. The van der Waals surface area contributed by atoms with Gasteiger partial charge in [0.1, 0.15) is 11.4 Å². The topological polar surface area (TPSA) is 105 Å². The SMILES string of the molecule is CC.Cc1cc([C@H](C)NC(=O)c2c(C(F)(F)F)nn3c2N(Cc2ccc(C(F)(F)F)cc2)CC3)ccc1-c1nn[nH]n1. The van der Waals surface area contributed by atoms with Gasteiger partial charge in [0.15, 0.2) is 5.69 Å². The smallest absolute Gasteiger partial charge is 0.350 e. The first-order chi connectivity index (χ1) is 19.8. The standard InChI is InChI=1S/C25H22F6N8O.C2H6/c1-13-11-16(5-8-18(13)21-33-36-37-34-21)14(2)32-22(40)19-20(25(29,30)31)35-39-10-9-38(23(19)39)12-15-3-6-17(7-4-15)24(26,27)28;1-2/h3-8,11,14H,9-10,12H2,1-2H3,(H,32,40)(H,33,34,36,37);1-2H3/t14-;/m0./s1. The van der Waals surface area contributed by atoms with E-state index in [0.29, 0.717) is 22.5 Å². The predicted octanol–water partition coefficient (Wildman–Crippen LogP) is 5.95. The third-order valence-electron chi connectivity index (χ3n) is 6.64. The molecule has 15 heteroatoms. The molecule has 1 aliphatic heterocycles. The fraction of sp³-hybridized carbons (Fsp3) is 0.370. The maximum absolute atomic E-state index is 14.0. The summed E-state index contributed by atoms with van der Waals surface area (Å²) in [6.45, 7) is 7.74. The molecule has 1 aliphatic rings. The summed E-state index contributed by atoms with van der Waals surface area (Å²) in [5.41, 5.74) is -0.257. The number of amides is 1. The van der Waals surface area contributed by atoms with E-state index in [2.05, 4.69) is 31.0 Å². The maximum Gasteiger partial charge on any atom is 0.436 e. The Morgan fingerprint density at radius 3 is 2.29 bits per heavy atom. The predicted molar refractivity (Wildman–Crippen MR) is 141 cm³/mol. The van der Waals surface area contributed by atoms with E-state index in [1.165, 1.54) is 17.0 Å². The number of fused-ring (bicyclic) bond motifs is 1. The van der Waals surface area contributed by atoms with E-state index in [1.54, 1.807) is 32.0 Å². The van der Waals surface area contributed by atoms with Crippen molar-refractivity contribution < 1.29 is 31.1 Å². The first-order valence-electron chi connectivity index (χ1n) is 13.1. The van der Waals surface area contributed by atoms with E-state index in [4.69, 9.17) is 0 Å². The highest BCUT2D eigenvalue weighted by Crippen LogP contribution is 2.39. The van der Waals surface area contributed by atoms with Crippen LogP contribution < -0.4 is 10.2 Å². The van der Waals surface area contributed by atoms with Gasteiger partial charge in [-0.2, -0.15) is 36.7 Å². The van der Waals surface area contributed by atoms with Crippen LogP contribution in [0.25, 0.3) is 11.4 Å². The Morgan fingerprint density at radius 1 is 1.02 bits per heavy atom. The minimum atomic E-state index is -4.91. The Balaban J connectivity index is 0.00000198. The van der Waals surface area contributed by atoms with Crippen LogP contribution in [0.3, 0.4) is 0 Å². The number of nitrogens with zero attached hydrogens (tertiary/aromatic N) is 6. The van der Waals surface area contributed by atoms with Gasteiger partial charge in [-0.05, 0) is 47.9 Å². The number of alkyl halides is 6. The second-order valence-electron chi connectivity index (χ2n) is 9.39. The normalized spacial score (nSPS) is 13.8. The summed E-state index contributed by atoms with van der Waals surface area (Å²) in [5.74, 6) is -0.639. The van der Waals surface area contributed by atoms with Gasteiger partial charge in [-0.3, -0.25) is 4.79 Å². The average molecular weight is 595 g/mol. The zero-order chi connectivity index (χ0) is 30.8. The first kappa shape index (κ1) is 30.5. The Morgan fingerprint density at radius 2 is 1.71 bits per heavy atom. The molecular formula is C27H28F6N8O. The van der Waals surface area contributed by atoms with Crippen LogP contribution in [-0.4, -0.2) is 42.9 Å². The van der Waals surface area contributed by atoms with Crippen LogP contribution in [0.1, 0.15) is 65.1 Å². The van der Waals surface area contributed by atoms with Gasteiger partial charge in [-0.25, -0.2) is 4.68 Å². The summed E-state index contributed by atoms with van der Waals surface area (Å²) in [4.78, 5) is 14.9. The Bertz CT molecular complexity index is 1530. The van der Waals surface area contributed by atoms with Crippen LogP contribution in [0.2, 0.25) is 0 Å². The number of anilines is 1. The molecule has 0 fully saturated rings. The highest BCUT2D eigenvalue weighted by molar-refractivity contribution is 6.01. The molecule has 224 valence electrons. The number of nitrogens with one attached hydrogen (secondary N) is 2. The minimum Gasteiger partial charge on any atom is -0.350 e. The third kappa shape index (κ3) is 6.24. The van der Waals surface area contributed by atoms with Gasteiger partial charge in [0.05, 0.1) is 18.2 Å². The lowest BCUT2D eigenvalue weighted by atomic mass is 10.0.